The topological polar surface area (TPSA) is 12.0 Å². The zero-order valence-corrected chi connectivity index (χ0v) is 9.60. The minimum absolute atomic E-state index is 0.823. The van der Waals surface area contributed by atoms with Crippen molar-refractivity contribution >= 4 is 0 Å². The maximum absolute atomic E-state index is 3.75. The summed E-state index contributed by atoms with van der Waals surface area (Å²) in [7, 11) is 0. The van der Waals surface area contributed by atoms with Crippen LogP contribution in [0.5, 0.6) is 0 Å². The van der Waals surface area contributed by atoms with E-state index in [1.807, 2.05) is 6.08 Å². The van der Waals surface area contributed by atoms with Crippen molar-refractivity contribution in [1.29, 1.82) is 0 Å². The first-order valence-corrected chi connectivity index (χ1v) is 6.22. The molecule has 0 radical (unpaired) electrons. The van der Waals surface area contributed by atoms with Crippen LogP contribution in [0.25, 0.3) is 0 Å². The molecule has 0 spiro atoms. The van der Waals surface area contributed by atoms with E-state index in [0.29, 0.717) is 0 Å². The Morgan fingerprint density at radius 2 is 2.14 bits per heavy atom. The molecule has 1 aliphatic rings. The quantitative estimate of drug-likeness (QED) is 0.438. The number of hydrogen-bond acceptors (Lipinski definition) is 1. The summed E-state index contributed by atoms with van der Waals surface area (Å²) in [6, 6.07) is 0.823. The average molecular weight is 195 g/mol. The van der Waals surface area contributed by atoms with Gasteiger partial charge in [-0.1, -0.05) is 25.8 Å². The van der Waals surface area contributed by atoms with Crippen LogP contribution in [0.3, 0.4) is 0 Å². The lowest BCUT2D eigenvalue weighted by Gasteiger charge is -2.16. The third-order valence-electron chi connectivity index (χ3n) is 3.08. The van der Waals surface area contributed by atoms with Gasteiger partial charge in [-0.3, -0.25) is 0 Å². The highest BCUT2D eigenvalue weighted by molar-refractivity contribution is 4.85. The lowest BCUT2D eigenvalue weighted by Crippen LogP contribution is -2.30. The SMILES string of the molecule is C=CCCCCCC(NCC)C1CC1. The fourth-order valence-electron chi connectivity index (χ4n) is 2.09. The van der Waals surface area contributed by atoms with Crippen molar-refractivity contribution in [2.24, 2.45) is 5.92 Å². The van der Waals surface area contributed by atoms with Gasteiger partial charge in [0.1, 0.15) is 0 Å². The fourth-order valence-corrected chi connectivity index (χ4v) is 2.09. The number of allylic oxidation sites excluding steroid dienone is 1. The zero-order chi connectivity index (χ0) is 10.2. The van der Waals surface area contributed by atoms with Crippen molar-refractivity contribution in [3.63, 3.8) is 0 Å². The van der Waals surface area contributed by atoms with E-state index >= 15 is 0 Å². The summed E-state index contributed by atoms with van der Waals surface area (Å²) in [4.78, 5) is 0. The molecule has 14 heavy (non-hydrogen) atoms. The molecule has 1 saturated carbocycles. The summed E-state index contributed by atoms with van der Waals surface area (Å²) in [5, 5.41) is 3.62. The third kappa shape index (κ3) is 4.80. The highest BCUT2D eigenvalue weighted by Crippen LogP contribution is 2.34. The van der Waals surface area contributed by atoms with Crippen LogP contribution in [0.4, 0.5) is 0 Å². The van der Waals surface area contributed by atoms with Gasteiger partial charge in [0.25, 0.3) is 0 Å². The molecule has 1 unspecified atom stereocenters. The second-order valence-electron chi connectivity index (χ2n) is 4.43. The number of unbranched alkanes of at least 4 members (excludes halogenated alkanes) is 3. The van der Waals surface area contributed by atoms with Crippen LogP contribution in [0, 0.1) is 5.92 Å². The highest BCUT2D eigenvalue weighted by atomic mass is 14.9. The lowest BCUT2D eigenvalue weighted by molar-refractivity contribution is 0.426. The first-order chi connectivity index (χ1) is 6.88. The van der Waals surface area contributed by atoms with Gasteiger partial charge >= 0.3 is 0 Å². The molecule has 1 atom stereocenters. The maximum atomic E-state index is 3.75. The van der Waals surface area contributed by atoms with Crippen LogP contribution in [0.2, 0.25) is 0 Å². The molecule has 1 rings (SSSR count). The van der Waals surface area contributed by atoms with Crippen molar-refractivity contribution in [3.8, 4) is 0 Å². The molecule has 1 N–H and O–H groups in total. The molecule has 0 aromatic heterocycles. The van der Waals surface area contributed by atoms with Gasteiger partial charge in [0, 0.05) is 6.04 Å². The molecule has 0 heterocycles. The summed E-state index contributed by atoms with van der Waals surface area (Å²) in [5.74, 6) is 1.01. The van der Waals surface area contributed by atoms with Crippen molar-refractivity contribution in [1.82, 2.24) is 5.32 Å². The monoisotopic (exact) mass is 195 g/mol. The smallest absolute Gasteiger partial charge is 0.00952 e. The fraction of sp³-hybridized carbons (Fsp3) is 0.846. The molecular weight excluding hydrogens is 170 g/mol. The minimum Gasteiger partial charge on any atom is -0.314 e. The minimum atomic E-state index is 0.823. The van der Waals surface area contributed by atoms with Gasteiger partial charge in [-0.25, -0.2) is 0 Å². The normalized spacial score (nSPS) is 18.1. The predicted octanol–water partition coefficient (Wildman–Crippen LogP) is 3.51. The second-order valence-corrected chi connectivity index (χ2v) is 4.43. The molecule has 0 saturated heterocycles. The predicted molar refractivity (Wildman–Crippen MR) is 63.5 cm³/mol. The van der Waals surface area contributed by atoms with Crippen LogP contribution in [0.1, 0.15) is 51.9 Å². The number of nitrogens with one attached hydrogen (secondary N) is 1. The Labute approximate surface area is 89.0 Å². The van der Waals surface area contributed by atoms with Crippen molar-refractivity contribution < 1.29 is 0 Å². The number of rotatable bonds is 9. The van der Waals surface area contributed by atoms with Gasteiger partial charge in [-0.05, 0) is 44.6 Å². The Morgan fingerprint density at radius 3 is 2.71 bits per heavy atom. The Balaban J connectivity index is 1.98. The Morgan fingerprint density at radius 1 is 1.36 bits per heavy atom. The van der Waals surface area contributed by atoms with Crippen molar-refractivity contribution in [2.75, 3.05) is 6.54 Å². The van der Waals surface area contributed by atoms with Gasteiger partial charge in [0.2, 0.25) is 0 Å². The van der Waals surface area contributed by atoms with E-state index < -0.39 is 0 Å². The first-order valence-electron chi connectivity index (χ1n) is 6.22. The van der Waals surface area contributed by atoms with E-state index in [9.17, 15) is 0 Å². The molecule has 1 heteroatoms. The second kappa shape index (κ2) is 7.05. The van der Waals surface area contributed by atoms with E-state index in [1.54, 1.807) is 0 Å². The lowest BCUT2D eigenvalue weighted by atomic mass is 10.0. The largest absolute Gasteiger partial charge is 0.314 e. The molecule has 1 aliphatic carbocycles. The maximum Gasteiger partial charge on any atom is 0.00952 e. The van der Waals surface area contributed by atoms with Gasteiger partial charge in [0.15, 0.2) is 0 Å². The van der Waals surface area contributed by atoms with Crippen LogP contribution in [-0.2, 0) is 0 Å². The molecule has 0 amide bonds. The third-order valence-corrected chi connectivity index (χ3v) is 3.08. The van der Waals surface area contributed by atoms with Crippen molar-refractivity contribution in [2.45, 2.75) is 57.9 Å². The Kier molecular flexibility index (Phi) is 5.93. The standard InChI is InChI=1S/C13H25N/c1-3-5-6-7-8-9-13(14-4-2)12-10-11-12/h3,12-14H,1,4-11H2,2H3. The summed E-state index contributed by atoms with van der Waals surface area (Å²) in [6.45, 7) is 7.10. The summed E-state index contributed by atoms with van der Waals surface area (Å²) in [6.07, 6.45) is 11.6. The van der Waals surface area contributed by atoms with E-state index in [-0.39, 0.29) is 0 Å². The molecule has 1 nitrogen and oxygen atoms in total. The molecule has 0 aliphatic heterocycles. The summed E-state index contributed by atoms with van der Waals surface area (Å²) >= 11 is 0. The van der Waals surface area contributed by atoms with E-state index in [4.69, 9.17) is 0 Å². The van der Waals surface area contributed by atoms with E-state index in [1.165, 1.54) is 44.9 Å². The Hall–Kier alpha value is -0.300. The summed E-state index contributed by atoms with van der Waals surface area (Å²) < 4.78 is 0. The van der Waals surface area contributed by atoms with Gasteiger partial charge in [-0.2, -0.15) is 0 Å². The van der Waals surface area contributed by atoms with Gasteiger partial charge in [-0.15, -0.1) is 6.58 Å². The average Bonchev–Trinajstić information content (AvgIpc) is 2.99. The van der Waals surface area contributed by atoms with Gasteiger partial charge in [0.05, 0.1) is 0 Å². The molecule has 1 fully saturated rings. The van der Waals surface area contributed by atoms with E-state index in [0.717, 1.165) is 18.5 Å². The Bertz CT molecular complexity index is 149. The van der Waals surface area contributed by atoms with Gasteiger partial charge < -0.3 is 5.32 Å². The zero-order valence-electron chi connectivity index (χ0n) is 9.60. The van der Waals surface area contributed by atoms with E-state index in [2.05, 4.69) is 18.8 Å². The van der Waals surface area contributed by atoms with Crippen LogP contribution in [-0.4, -0.2) is 12.6 Å². The van der Waals surface area contributed by atoms with Crippen molar-refractivity contribution in [3.05, 3.63) is 12.7 Å². The summed E-state index contributed by atoms with van der Waals surface area (Å²) in [5.41, 5.74) is 0. The molecule has 0 bridgehead atoms. The van der Waals surface area contributed by atoms with Crippen LogP contribution in [0.15, 0.2) is 12.7 Å². The highest BCUT2D eigenvalue weighted by Gasteiger charge is 2.29. The molecule has 0 aromatic rings. The first kappa shape index (κ1) is 11.8. The van der Waals surface area contributed by atoms with Crippen LogP contribution >= 0.6 is 0 Å². The molecule has 0 aromatic carbocycles. The molecule has 82 valence electrons. The van der Waals surface area contributed by atoms with Crippen LogP contribution < -0.4 is 5.32 Å². The molecular formula is C13H25N. The number of hydrogen-bond donors (Lipinski definition) is 1.